The fourth-order valence-electron chi connectivity index (χ4n) is 2.26. The monoisotopic (exact) mass is 263 g/mol. The third-order valence-corrected chi connectivity index (χ3v) is 3.28. The van der Waals surface area contributed by atoms with Crippen LogP contribution in [0.3, 0.4) is 0 Å². The predicted molar refractivity (Wildman–Crippen MR) is 77.9 cm³/mol. The molecule has 0 aliphatic carbocycles. The Bertz CT molecular complexity index is 415. The maximum atomic E-state index is 11.2. The standard InChI is InChI=1S/C16H25NO2/c1-4-19-16(18)8-6-5-7-15(17)14-10-9-12(2)11-13(14)3/h9-11,15H,4-8,17H2,1-3H3. The Morgan fingerprint density at radius 3 is 2.68 bits per heavy atom. The van der Waals surface area contributed by atoms with Gasteiger partial charge in [0.05, 0.1) is 6.61 Å². The second-order valence-corrected chi connectivity index (χ2v) is 5.02. The van der Waals surface area contributed by atoms with Crippen LogP contribution in [0.5, 0.6) is 0 Å². The first-order chi connectivity index (χ1) is 9.04. The van der Waals surface area contributed by atoms with Gasteiger partial charge in [-0.05, 0) is 44.7 Å². The van der Waals surface area contributed by atoms with Gasteiger partial charge >= 0.3 is 5.97 Å². The van der Waals surface area contributed by atoms with Crippen molar-refractivity contribution in [3.05, 3.63) is 34.9 Å². The number of rotatable bonds is 7. The zero-order valence-electron chi connectivity index (χ0n) is 12.2. The van der Waals surface area contributed by atoms with E-state index in [0.29, 0.717) is 13.0 Å². The van der Waals surface area contributed by atoms with E-state index in [4.69, 9.17) is 10.5 Å². The van der Waals surface area contributed by atoms with E-state index in [1.165, 1.54) is 16.7 Å². The lowest BCUT2D eigenvalue weighted by molar-refractivity contribution is -0.143. The average Bonchev–Trinajstić information content (AvgIpc) is 2.34. The Balaban J connectivity index is 2.35. The van der Waals surface area contributed by atoms with Crippen LogP contribution in [-0.4, -0.2) is 12.6 Å². The highest BCUT2D eigenvalue weighted by molar-refractivity contribution is 5.69. The molecule has 1 unspecified atom stereocenters. The molecule has 0 aromatic heterocycles. The summed E-state index contributed by atoms with van der Waals surface area (Å²) in [6, 6.07) is 6.43. The number of nitrogens with two attached hydrogens (primary N) is 1. The van der Waals surface area contributed by atoms with Crippen molar-refractivity contribution >= 4 is 5.97 Å². The van der Waals surface area contributed by atoms with Crippen molar-refractivity contribution in [1.29, 1.82) is 0 Å². The quantitative estimate of drug-likeness (QED) is 0.605. The van der Waals surface area contributed by atoms with Gasteiger partial charge in [0, 0.05) is 12.5 Å². The van der Waals surface area contributed by atoms with Crippen molar-refractivity contribution in [3.8, 4) is 0 Å². The van der Waals surface area contributed by atoms with Gasteiger partial charge in [-0.25, -0.2) is 0 Å². The van der Waals surface area contributed by atoms with Crippen LogP contribution in [0.1, 0.15) is 55.3 Å². The summed E-state index contributed by atoms with van der Waals surface area (Å²) in [6.45, 7) is 6.47. The summed E-state index contributed by atoms with van der Waals surface area (Å²) < 4.78 is 4.90. The summed E-state index contributed by atoms with van der Waals surface area (Å²) in [5, 5.41) is 0. The van der Waals surface area contributed by atoms with Crippen LogP contribution in [0.15, 0.2) is 18.2 Å². The fourth-order valence-corrected chi connectivity index (χ4v) is 2.26. The van der Waals surface area contributed by atoms with Crippen molar-refractivity contribution in [2.75, 3.05) is 6.61 Å². The van der Waals surface area contributed by atoms with Crippen LogP contribution in [-0.2, 0) is 9.53 Å². The number of hydrogen-bond donors (Lipinski definition) is 1. The Morgan fingerprint density at radius 2 is 2.05 bits per heavy atom. The van der Waals surface area contributed by atoms with Crippen molar-refractivity contribution < 1.29 is 9.53 Å². The molecule has 106 valence electrons. The molecule has 0 aliphatic heterocycles. The minimum absolute atomic E-state index is 0.0581. The van der Waals surface area contributed by atoms with E-state index in [0.717, 1.165) is 19.3 Å². The van der Waals surface area contributed by atoms with Crippen molar-refractivity contribution in [3.63, 3.8) is 0 Å². The zero-order valence-corrected chi connectivity index (χ0v) is 12.2. The Kier molecular flexibility index (Phi) is 6.57. The van der Waals surface area contributed by atoms with Crippen LogP contribution in [0.4, 0.5) is 0 Å². The molecule has 0 heterocycles. The van der Waals surface area contributed by atoms with Crippen LogP contribution >= 0.6 is 0 Å². The van der Waals surface area contributed by atoms with E-state index in [9.17, 15) is 4.79 Å². The van der Waals surface area contributed by atoms with E-state index in [-0.39, 0.29) is 12.0 Å². The maximum absolute atomic E-state index is 11.2. The Hall–Kier alpha value is -1.35. The summed E-state index contributed by atoms with van der Waals surface area (Å²) in [4.78, 5) is 11.2. The van der Waals surface area contributed by atoms with Gasteiger partial charge in [0.25, 0.3) is 0 Å². The SMILES string of the molecule is CCOC(=O)CCCCC(N)c1ccc(C)cc1C. The second kappa shape index (κ2) is 7.95. The Morgan fingerprint density at radius 1 is 1.32 bits per heavy atom. The molecule has 0 radical (unpaired) electrons. The molecule has 0 aliphatic rings. The summed E-state index contributed by atoms with van der Waals surface area (Å²) in [7, 11) is 0. The molecule has 0 saturated heterocycles. The number of benzene rings is 1. The van der Waals surface area contributed by atoms with Gasteiger partial charge in [-0.2, -0.15) is 0 Å². The first-order valence-electron chi connectivity index (χ1n) is 7.03. The van der Waals surface area contributed by atoms with E-state index in [2.05, 4.69) is 32.0 Å². The van der Waals surface area contributed by atoms with E-state index in [1.807, 2.05) is 6.92 Å². The highest BCUT2D eigenvalue weighted by Gasteiger charge is 2.09. The van der Waals surface area contributed by atoms with E-state index >= 15 is 0 Å². The third kappa shape index (κ3) is 5.43. The highest BCUT2D eigenvalue weighted by atomic mass is 16.5. The smallest absolute Gasteiger partial charge is 0.305 e. The van der Waals surface area contributed by atoms with Gasteiger partial charge in [0.2, 0.25) is 0 Å². The number of carbonyl (C=O) groups excluding carboxylic acids is 1. The minimum Gasteiger partial charge on any atom is -0.466 e. The first-order valence-corrected chi connectivity index (χ1v) is 7.03. The molecule has 0 bridgehead atoms. The third-order valence-electron chi connectivity index (χ3n) is 3.28. The lowest BCUT2D eigenvalue weighted by atomic mass is 9.96. The van der Waals surface area contributed by atoms with Gasteiger partial charge in [-0.15, -0.1) is 0 Å². The predicted octanol–water partition coefficient (Wildman–Crippen LogP) is 3.43. The number of carbonyl (C=O) groups is 1. The average molecular weight is 263 g/mol. The van der Waals surface area contributed by atoms with Crippen LogP contribution in [0.2, 0.25) is 0 Å². The molecule has 3 heteroatoms. The lowest BCUT2D eigenvalue weighted by Gasteiger charge is -2.15. The summed E-state index contributed by atoms with van der Waals surface area (Å²) in [5.74, 6) is -0.109. The van der Waals surface area contributed by atoms with E-state index in [1.54, 1.807) is 0 Å². The molecule has 1 aromatic rings. The molecular formula is C16H25NO2. The molecular weight excluding hydrogens is 238 g/mol. The minimum atomic E-state index is -0.109. The number of esters is 1. The molecule has 3 nitrogen and oxygen atoms in total. The number of aryl methyl sites for hydroxylation is 2. The van der Waals surface area contributed by atoms with Gasteiger partial charge in [-0.1, -0.05) is 30.2 Å². The van der Waals surface area contributed by atoms with E-state index < -0.39 is 0 Å². The molecule has 0 spiro atoms. The zero-order chi connectivity index (χ0) is 14.3. The molecule has 2 N–H and O–H groups in total. The lowest BCUT2D eigenvalue weighted by Crippen LogP contribution is -2.12. The summed E-state index contributed by atoms with van der Waals surface area (Å²) >= 11 is 0. The first kappa shape index (κ1) is 15.7. The highest BCUT2D eigenvalue weighted by Crippen LogP contribution is 2.21. The normalized spacial score (nSPS) is 12.2. The van der Waals surface area contributed by atoms with Crippen LogP contribution in [0, 0.1) is 13.8 Å². The second-order valence-electron chi connectivity index (χ2n) is 5.02. The van der Waals surface area contributed by atoms with Gasteiger partial charge in [-0.3, -0.25) is 4.79 Å². The fraction of sp³-hybridized carbons (Fsp3) is 0.562. The van der Waals surface area contributed by atoms with Gasteiger partial charge in [0.15, 0.2) is 0 Å². The Labute approximate surface area is 116 Å². The molecule has 0 amide bonds. The van der Waals surface area contributed by atoms with Crippen molar-refractivity contribution in [2.24, 2.45) is 5.73 Å². The molecule has 19 heavy (non-hydrogen) atoms. The number of hydrogen-bond acceptors (Lipinski definition) is 3. The largest absolute Gasteiger partial charge is 0.466 e. The van der Waals surface area contributed by atoms with Gasteiger partial charge in [0.1, 0.15) is 0 Å². The molecule has 1 aromatic carbocycles. The number of ether oxygens (including phenoxy) is 1. The molecule has 1 rings (SSSR count). The number of unbranched alkanes of at least 4 members (excludes halogenated alkanes) is 1. The summed E-state index contributed by atoms with van der Waals surface area (Å²) in [6.07, 6.45) is 3.20. The molecule has 1 atom stereocenters. The maximum Gasteiger partial charge on any atom is 0.305 e. The van der Waals surface area contributed by atoms with Crippen LogP contribution < -0.4 is 5.73 Å². The van der Waals surface area contributed by atoms with Crippen molar-refractivity contribution in [1.82, 2.24) is 0 Å². The summed E-state index contributed by atoms with van der Waals surface area (Å²) in [5.41, 5.74) is 9.92. The topological polar surface area (TPSA) is 52.3 Å². The van der Waals surface area contributed by atoms with Crippen LogP contribution in [0.25, 0.3) is 0 Å². The molecule has 0 saturated carbocycles. The van der Waals surface area contributed by atoms with Gasteiger partial charge < -0.3 is 10.5 Å². The molecule has 0 fully saturated rings. The van der Waals surface area contributed by atoms with Crippen molar-refractivity contribution in [2.45, 2.75) is 52.5 Å².